The van der Waals surface area contributed by atoms with Crippen LogP contribution in [0.2, 0.25) is 0 Å². The molecule has 1 aromatic carbocycles. The summed E-state index contributed by atoms with van der Waals surface area (Å²) >= 11 is 0. The van der Waals surface area contributed by atoms with Crippen LogP contribution < -0.4 is 10.6 Å². The van der Waals surface area contributed by atoms with E-state index in [-0.39, 0.29) is 6.03 Å². The molecule has 6 nitrogen and oxygen atoms in total. The third-order valence-corrected chi connectivity index (χ3v) is 4.51. The molecule has 6 heteroatoms. The van der Waals surface area contributed by atoms with Gasteiger partial charge in [0.05, 0.1) is 5.69 Å². The highest BCUT2D eigenvalue weighted by atomic mass is 16.2. The average molecular weight is 363 g/mol. The van der Waals surface area contributed by atoms with Crippen molar-refractivity contribution >= 4 is 6.03 Å². The molecule has 27 heavy (non-hydrogen) atoms. The van der Waals surface area contributed by atoms with Crippen molar-refractivity contribution in [3.8, 4) is 5.82 Å². The van der Waals surface area contributed by atoms with Crippen LogP contribution in [0.5, 0.6) is 0 Å². The number of urea groups is 1. The van der Waals surface area contributed by atoms with E-state index in [0.29, 0.717) is 13.1 Å². The van der Waals surface area contributed by atoms with Gasteiger partial charge >= 0.3 is 6.03 Å². The Morgan fingerprint density at radius 3 is 2.37 bits per heavy atom. The minimum atomic E-state index is -0.140. The van der Waals surface area contributed by atoms with Crippen LogP contribution in [-0.2, 0) is 12.8 Å². The predicted octanol–water partition coefficient (Wildman–Crippen LogP) is 2.97. The van der Waals surface area contributed by atoms with Crippen LogP contribution in [0.3, 0.4) is 0 Å². The molecule has 3 rings (SSSR count). The lowest BCUT2D eigenvalue weighted by Crippen LogP contribution is -2.37. The lowest BCUT2D eigenvalue weighted by Gasteiger charge is -2.08. The Kier molecular flexibility index (Phi) is 6.20. The summed E-state index contributed by atoms with van der Waals surface area (Å²) in [6, 6.07) is 15.7. The molecule has 0 aliphatic carbocycles. The van der Waals surface area contributed by atoms with E-state index in [1.54, 1.807) is 6.20 Å². The Morgan fingerprint density at radius 2 is 1.67 bits per heavy atom. The Hall–Kier alpha value is -3.15. The SMILES string of the molecule is Cc1nn(-c2ccccn2)c(C)c1CCNC(=O)NCCc1ccccc1. The first-order valence-electron chi connectivity index (χ1n) is 9.17. The number of carbonyl (C=O) groups is 1. The van der Waals surface area contributed by atoms with Gasteiger partial charge in [-0.2, -0.15) is 5.10 Å². The summed E-state index contributed by atoms with van der Waals surface area (Å²) < 4.78 is 1.85. The summed E-state index contributed by atoms with van der Waals surface area (Å²) in [6.07, 6.45) is 3.31. The molecule has 2 N–H and O–H groups in total. The van der Waals surface area contributed by atoms with E-state index in [2.05, 4.69) is 32.8 Å². The molecule has 0 saturated carbocycles. The minimum absolute atomic E-state index is 0.140. The highest BCUT2D eigenvalue weighted by Crippen LogP contribution is 2.16. The van der Waals surface area contributed by atoms with E-state index in [0.717, 1.165) is 35.6 Å². The van der Waals surface area contributed by atoms with Gasteiger partial charge in [0.2, 0.25) is 0 Å². The van der Waals surface area contributed by atoms with Crippen molar-refractivity contribution in [1.82, 2.24) is 25.4 Å². The summed E-state index contributed by atoms with van der Waals surface area (Å²) in [5.74, 6) is 0.802. The molecule has 0 aliphatic heterocycles. The number of hydrogen-bond acceptors (Lipinski definition) is 3. The number of benzene rings is 1. The first-order valence-corrected chi connectivity index (χ1v) is 9.17. The van der Waals surface area contributed by atoms with Crippen LogP contribution >= 0.6 is 0 Å². The Bertz CT molecular complexity index is 874. The zero-order valence-electron chi connectivity index (χ0n) is 15.8. The fourth-order valence-electron chi connectivity index (χ4n) is 3.07. The zero-order chi connectivity index (χ0) is 19.1. The maximum absolute atomic E-state index is 12.0. The van der Waals surface area contributed by atoms with Crippen molar-refractivity contribution in [2.75, 3.05) is 13.1 Å². The average Bonchev–Trinajstić information content (AvgIpc) is 2.98. The number of carbonyl (C=O) groups excluding carboxylic acids is 1. The Labute approximate surface area is 159 Å². The van der Waals surface area contributed by atoms with Crippen LogP contribution in [-0.4, -0.2) is 33.9 Å². The van der Waals surface area contributed by atoms with Gasteiger partial charge in [-0.15, -0.1) is 0 Å². The molecule has 2 amide bonds. The summed E-state index contributed by atoms with van der Waals surface area (Å²) in [5.41, 5.74) is 4.37. The smallest absolute Gasteiger partial charge is 0.314 e. The third-order valence-electron chi connectivity index (χ3n) is 4.51. The Morgan fingerprint density at radius 1 is 0.963 bits per heavy atom. The van der Waals surface area contributed by atoms with E-state index in [9.17, 15) is 4.79 Å². The number of amides is 2. The fourth-order valence-corrected chi connectivity index (χ4v) is 3.07. The van der Waals surface area contributed by atoms with Crippen molar-refractivity contribution in [1.29, 1.82) is 0 Å². The maximum atomic E-state index is 12.0. The zero-order valence-corrected chi connectivity index (χ0v) is 15.8. The van der Waals surface area contributed by atoms with Crippen molar-refractivity contribution in [2.24, 2.45) is 0 Å². The van der Waals surface area contributed by atoms with Crippen LogP contribution in [0, 0.1) is 13.8 Å². The van der Waals surface area contributed by atoms with Crippen LogP contribution in [0.1, 0.15) is 22.5 Å². The van der Waals surface area contributed by atoms with Gasteiger partial charge in [0, 0.05) is 25.0 Å². The van der Waals surface area contributed by atoms with Gasteiger partial charge in [0.25, 0.3) is 0 Å². The number of nitrogens with zero attached hydrogens (tertiary/aromatic N) is 3. The lowest BCUT2D eigenvalue weighted by molar-refractivity contribution is 0.241. The molecule has 140 valence electrons. The van der Waals surface area contributed by atoms with Gasteiger partial charge in [-0.1, -0.05) is 36.4 Å². The Balaban J connectivity index is 1.47. The normalized spacial score (nSPS) is 10.6. The number of nitrogens with one attached hydrogen (secondary N) is 2. The molecule has 2 heterocycles. The standard InChI is InChI=1S/C21H25N5O/c1-16-19(17(2)26(25-16)20-10-6-7-13-22-20)12-15-24-21(27)23-14-11-18-8-4-3-5-9-18/h3-10,13H,11-12,14-15H2,1-2H3,(H2,23,24,27). The van der Waals surface area contributed by atoms with Crippen LogP contribution in [0.15, 0.2) is 54.7 Å². The van der Waals surface area contributed by atoms with Gasteiger partial charge in [-0.25, -0.2) is 14.5 Å². The molecular formula is C21H25N5O. The summed E-state index contributed by atoms with van der Waals surface area (Å²) in [5, 5.41) is 10.4. The number of rotatable bonds is 7. The van der Waals surface area contributed by atoms with Crippen LogP contribution in [0.4, 0.5) is 4.79 Å². The van der Waals surface area contributed by atoms with Crippen molar-refractivity contribution in [2.45, 2.75) is 26.7 Å². The first-order chi connectivity index (χ1) is 13.1. The van der Waals surface area contributed by atoms with E-state index in [1.807, 2.05) is 54.9 Å². The number of pyridine rings is 1. The number of hydrogen-bond donors (Lipinski definition) is 2. The lowest BCUT2D eigenvalue weighted by atomic mass is 10.1. The van der Waals surface area contributed by atoms with Gasteiger partial charge < -0.3 is 10.6 Å². The minimum Gasteiger partial charge on any atom is -0.338 e. The summed E-state index contributed by atoms with van der Waals surface area (Å²) in [4.78, 5) is 16.3. The molecular weight excluding hydrogens is 338 g/mol. The molecule has 3 aromatic rings. The van der Waals surface area contributed by atoms with E-state index >= 15 is 0 Å². The number of aromatic nitrogens is 3. The van der Waals surface area contributed by atoms with Crippen molar-refractivity contribution in [3.05, 3.63) is 77.2 Å². The second kappa shape index (κ2) is 8.98. The molecule has 0 radical (unpaired) electrons. The van der Waals surface area contributed by atoms with Crippen molar-refractivity contribution in [3.63, 3.8) is 0 Å². The topological polar surface area (TPSA) is 71.8 Å². The van der Waals surface area contributed by atoms with E-state index < -0.39 is 0 Å². The van der Waals surface area contributed by atoms with Gasteiger partial charge in [-0.05, 0) is 49.9 Å². The van der Waals surface area contributed by atoms with E-state index in [1.165, 1.54) is 5.56 Å². The predicted molar refractivity (Wildman–Crippen MR) is 106 cm³/mol. The second-order valence-corrected chi connectivity index (χ2v) is 6.42. The van der Waals surface area contributed by atoms with Gasteiger partial charge in [-0.3, -0.25) is 0 Å². The monoisotopic (exact) mass is 363 g/mol. The highest BCUT2D eigenvalue weighted by Gasteiger charge is 2.13. The number of aryl methyl sites for hydroxylation is 1. The molecule has 0 fully saturated rings. The highest BCUT2D eigenvalue weighted by molar-refractivity contribution is 5.73. The molecule has 0 atom stereocenters. The molecule has 0 spiro atoms. The largest absolute Gasteiger partial charge is 0.338 e. The molecule has 0 aliphatic rings. The van der Waals surface area contributed by atoms with E-state index in [4.69, 9.17) is 0 Å². The third kappa shape index (κ3) is 4.94. The summed E-state index contributed by atoms with van der Waals surface area (Å²) in [6.45, 7) is 5.20. The maximum Gasteiger partial charge on any atom is 0.314 e. The fraction of sp³-hybridized carbons (Fsp3) is 0.286. The van der Waals surface area contributed by atoms with Crippen molar-refractivity contribution < 1.29 is 4.79 Å². The second-order valence-electron chi connectivity index (χ2n) is 6.42. The van der Waals surface area contributed by atoms with Gasteiger partial charge in [0.1, 0.15) is 0 Å². The molecule has 0 unspecified atom stereocenters. The van der Waals surface area contributed by atoms with Gasteiger partial charge in [0.15, 0.2) is 5.82 Å². The molecule has 2 aromatic heterocycles. The quantitative estimate of drug-likeness (QED) is 0.678. The summed E-state index contributed by atoms with van der Waals surface area (Å²) in [7, 11) is 0. The molecule has 0 bridgehead atoms. The molecule has 0 saturated heterocycles. The van der Waals surface area contributed by atoms with Crippen LogP contribution in [0.25, 0.3) is 5.82 Å². The first kappa shape index (κ1) is 18.6.